The van der Waals surface area contributed by atoms with Crippen molar-refractivity contribution < 1.29 is 9.53 Å². The van der Waals surface area contributed by atoms with Gasteiger partial charge in [0.15, 0.2) is 0 Å². The zero-order valence-electron chi connectivity index (χ0n) is 16.5. The van der Waals surface area contributed by atoms with Crippen molar-refractivity contribution in [3.05, 3.63) is 82.3 Å². The molecule has 3 aromatic rings. The summed E-state index contributed by atoms with van der Waals surface area (Å²) in [5, 5.41) is 6.04. The van der Waals surface area contributed by atoms with Crippen LogP contribution in [0.15, 0.2) is 66.2 Å². The summed E-state index contributed by atoms with van der Waals surface area (Å²) >= 11 is 1.56. The van der Waals surface area contributed by atoms with Crippen LogP contribution in [0.3, 0.4) is 0 Å². The molecule has 2 aromatic carbocycles. The number of hydrogen-bond donors (Lipinski definition) is 1. The van der Waals surface area contributed by atoms with Crippen LogP contribution in [0.5, 0.6) is 5.75 Å². The lowest BCUT2D eigenvalue weighted by Crippen LogP contribution is -2.39. The van der Waals surface area contributed by atoms with E-state index in [4.69, 9.17) is 4.74 Å². The molecule has 1 amide bonds. The van der Waals surface area contributed by atoms with Gasteiger partial charge in [-0.1, -0.05) is 42.5 Å². The van der Waals surface area contributed by atoms with Crippen molar-refractivity contribution >= 4 is 17.2 Å². The number of ether oxygens (including phenoxy) is 1. The van der Waals surface area contributed by atoms with Crippen molar-refractivity contribution in [1.29, 1.82) is 0 Å². The monoisotopic (exact) mass is 407 g/mol. The van der Waals surface area contributed by atoms with Gasteiger partial charge in [0, 0.05) is 17.6 Å². The van der Waals surface area contributed by atoms with Crippen LogP contribution in [-0.2, 0) is 4.79 Å². The molecule has 1 saturated heterocycles. The van der Waals surface area contributed by atoms with Crippen molar-refractivity contribution in [2.24, 2.45) is 0 Å². The third-order valence-corrected chi connectivity index (χ3v) is 6.17. The average Bonchev–Trinajstić information content (AvgIpc) is 3.45. The molecule has 0 spiro atoms. The van der Waals surface area contributed by atoms with Crippen LogP contribution in [0.1, 0.15) is 41.1 Å². The van der Waals surface area contributed by atoms with Gasteiger partial charge in [0.25, 0.3) is 0 Å². The fourth-order valence-corrected chi connectivity index (χ4v) is 4.66. The van der Waals surface area contributed by atoms with E-state index in [1.165, 1.54) is 5.56 Å². The topological polar surface area (TPSA) is 54.5 Å². The van der Waals surface area contributed by atoms with Gasteiger partial charge in [0.05, 0.1) is 13.7 Å². The van der Waals surface area contributed by atoms with Gasteiger partial charge in [0.2, 0.25) is 5.91 Å². The van der Waals surface area contributed by atoms with Crippen molar-refractivity contribution in [1.82, 2.24) is 15.2 Å². The highest BCUT2D eigenvalue weighted by molar-refractivity contribution is 7.09. The molecule has 0 radical (unpaired) electrons. The highest BCUT2D eigenvalue weighted by Gasteiger charge is 2.29. The summed E-state index contributed by atoms with van der Waals surface area (Å²) in [5.41, 5.74) is 2.25. The maximum Gasteiger partial charge on any atom is 0.235 e. The average molecular weight is 408 g/mol. The van der Waals surface area contributed by atoms with Gasteiger partial charge in [-0.25, -0.2) is 4.98 Å². The highest BCUT2D eigenvalue weighted by Crippen LogP contribution is 2.33. The number of nitrogens with one attached hydrogen (secondary N) is 1. The van der Waals surface area contributed by atoms with Gasteiger partial charge in [-0.2, -0.15) is 0 Å². The van der Waals surface area contributed by atoms with E-state index in [0.717, 1.165) is 35.7 Å². The van der Waals surface area contributed by atoms with Crippen molar-refractivity contribution in [3.63, 3.8) is 0 Å². The third-order valence-electron chi connectivity index (χ3n) is 5.33. The Morgan fingerprint density at radius 3 is 2.90 bits per heavy atom. The van der Waals surface area contributed by atoms with Crippen LogP contribution in [0, 0.1) is 0 Å². The standard InChI is InChI=1S/C23H25N3O2S/c1-28-19-10-5-9-18(15-19)20-11-6-13-26(20)16-21(27)25-22(23-24-12-14-29-23)17-7-3-2-4-8-17/h2-5,7-10,12,14-15,20,22H,6,11,13,16H2,1H3,(H,25,27). The number of carbonyl (C=O) groups is 1. The number of benzene rings is 2. The zero-order valence-corrected chi connectivity index (χ0v) is 17.3. The van der Waals surface area contributed by atoms with Gasteiger partial charge < -0.3 is 10.1 Å². The Morgan fingerprint density at radius 1 is 1.28 bits per heavy atom. The minimum Gasteiger partial charge on any atom is -0.497 e. The minimum atomic E-state index is -0.221. The quantitative estimate of drug-likeness (QED) is 0.638. The Kier molecular flexibility index (Phi) is 6.22. The molecule has 1 aliphatic rings. The van der Waals surface area contributed by atoms with Crippen molar-refractivity contribution in [2.75, 3.05) is 20.2 Å². The van der Waals surface area contributed by atoms with Crippen LogP contribution in [0.2, 0.25) is 0 Å². The molecule has 1 N–H and O–H groups in total. The van der Waals surface area contributed by atoms with Crippen LogP contribution < -0.4 is 10.1 Å². The molecule has 0 aliphatic carbocycles. The molecule has 150 valence electrons. The zero-order chi connectivity index (χ0) is 20.1. The summed E-state index contributed by atoms with van der Waals surface area (Å²) in [6.07, 6.45) is 3.92. The second kappa shape index (κ2) is 9.20. The Labute approximate surface area is 175 Å². The number of likely N-dealkylation sites (tertiary alicyclic amines) is 1. The molecule has 2 heterocycles. The molecule has 6 heteroatoms. The molecule has 1 aromatic heterocycles. The minimum absolute atomic E-state index is 0.0175. The smallest absolute Gasteiger partial charge is 0.235 e. The van der Waals surface area contributed by atoms with Crippen molar-refractivity contribution in [2.45, 2.75) is 24.9 Å². The number of rotatable bonds is 7. The summed E-state index contributed by atoms with van der Waals surface area (Å²) in [6, 6.07) is 18.2. The van der Waals surface area contributed by atoms with E-state index < -0.39 is 0 Å². The van der Waals surface area contributed by atoms with Crippen LogP contribution in [-0.4, -0.2) is 36.0 Å². The molecule has 2 unspecified atom stereocenters. The normalized spacial score (nSPS) is 17.8. The first-order chi connectivity index (χ1) is 14.2. The van der Waals surface area contributed by atoms with Gasteiger partial charge in [-0.15, -0.1) is 11.3 Å². The summed E-state index contributed by atoms with van der Waals surface area (Å²) in [6.45, 7) is 1.29. The summed E-state index contributed by atoms with van der Waals surface area (Å²) in [4.78, 5) is 19.7. The molecular formula is C23H25N3O2S. The molecule has 2 atom stereocenters. The molecule has 1 aliphatic heterocycles. The Balaban J connectivity index is 1.47. The van der Waals surface area contributed by atoms with E-state index in [-0.39, 0.29) is 18.0 Å². The van der Waals surface area contributed by atoms with E-state index in [1.807, 2.05) is 47.8 Å². The predicted molar refractivity (Wildman–Crippen MR) is 115 cm³/mol. The van der Waals surface area contributed by atoms with Gasteiger partial charge >= 0.3 is 0 Å². The number of carbonyl (C=O) groups excluding carboxylic acids is 1. The van der Waals surface area contributed by atoms with Gasteiger partial charge in [0.1, 0.15) is 16.8 Å². The SMILES string of the molecule is COc1cccc(C2CCCN2CC(=O)NC(c2ccccc2)c2nccs2)c1. The maximum atomic E-state index is 13.0. The Bertz CT molecular complexity index is 930. The number of amides is 1. The molecular weight excluding hydrogens is 382 g/mol. The fourth-order valence-electron chi connectivity index (χ4n) is 3.94. The van der Waals surface area contributed by atoms with E-state index in [0.29, 0.717) is 6.54 Å². The van der Waals surface area contributed by atoms with Crippen LogP contribution in [0.25, 0.3) is 0 Å². The Morgan fingerprint density at radius 2 is 2.14 bits per heavy atom. The van der Waals surface area contributed by atoms with Crippen LogP contribution >= 0.6 is 11.3 Å². The first kappa shape index (κ1) is 19.6. The van der Waals surface area contributed by atoms with Crippen molar-refractivity contribution in [3.8, 4) is 5.75 Å². The fraction of sp³-hybridized carbons (Fsp3) is 0.304. The third kappa shape index (κ3) is 4.66. The number of aromatic nitrogens is 1. The molecule has 1 fully saturated rings. The number of thiazole rings is 1. The van der Waals surface area contributed by atoms with Gasteiger partial charge in [-0.3, -0.25) is 9.69 Å². The van der Waals surface area contributed by atoms with Gasteiger partial charge in [-0.05, 0) is 42.6 Å². The van der Waals surface area contributed by atoms with E-state index in [9.17, 15) is 4.79 Å². The summed E-state index contributed by atoms with van der Waals surface area (Å²) in [7, 11) is 1.68. The second-order valence-electron chi connectivity index (χ2n) is 7.19. The number of nitrogens with zero attached hydrogens (tertiary/aromatic N) is 2. The predicted octanol–water partition coefficient (Wildman–Crippen LogP) is 4.19. The lowest BCUT2D eigenvalue weighted by molar-refractivity contribution is -0.123. The first-order valence-corrected chi connectivity index (χ1v) is 10.7. The van der Waals surface area contributed by atoms with E-state index >= 15 is 0 Å². The lowest BCUT2D eigenvalue weighted by Gasteiger charge is -2.26. The molecule has 4 rings (SSSR count). The first-order valence-electron chi connectivity index (χ1n) is 9.86. The molecule has 0 bridgehead atoms. The van der Waals surface area contributed by atoms with Crippen LogP contribution in [0.4, 0.5) is 0 Å². The Hall–Kier alpha value is -2.70. The highest BCUT2D eigenvalue weighted by atomic mass is 32.1. The molecule has 29 heavy (non-hydrogen) atoms. The number of hydrogen-bond acceptors (Lipinski definition) is 5. The van der Waals surface area contributed by atoms with E-state index in [1.54, 1.807) is 24.6 Å². The lowest BCUT2D eigenvalue weighted by atomic mass is 10.0. The maximum absolute atomic E-state index is 13.0. The molecule has 0 saturated carbocycles. The summed E-state index contributed by atoms with van der Waals surface area (Å²) in [5.74, 6) is 0.871. The largest absolute Gasteiger partial charge is 0.497 e. The number of methoxy groups -OCH3 is 1. The summed E-state index contributed by atoms with van der Waals surface area (Å²) < 4.78 is 5.37. The second-order valence-corrected chi connectivity index (χ2v) is 8.11. The molecule has 5 nitrogen and oxygen atoms in total. The van der Waals surface area contributed by atoms with E-state index in [2.05, 4.69) is 27.3 Å².